The van der Waals surface area contributed by atoms with Crippen molar-refractivity contribution < 1.29 is 9.53 Å². The van der Waals surface area contributed by atoms with Crippen LogP contribution in [0.2, 0.25) is 0 Å². The normalized spacial score (nSPS) is 11.1. The Hall–Kier alpha value is -4.01. The summed E-state index contributed by atoms with van der Waals surface area (Å²) in [5, 5.41) is 12.3. The maximum atomic E-state index is 12.4. The first kappa shape index (κ1) is 22.2. The SMILES string of the molecule is CCc1cccc(-n2nnn(C)c2=O)c1COc1ccc(-n2nc(C)c(C=O)c2C)cc1C. The van der Waals surface area contributed by atoms with Gasteiger partial charge in [0.2, 0.25) is 0 Å². The van der Waals surface area contributed by atoms with Crippen LogP contribution in [0.1, 0.15) is 45.4 Å². The van der Waals surface area contributed by atoms with E-state index in [0.717, 1.165) is 46.5 Å². The summed E-state index contributed by atoms with van der Waals surface area (Å²) in [6, 6.07) is 11.6. The van der Waals surface area contributed by atoms with E-state index in [1.807, 2.05) is 57.2 Å². The molecule has 33 heavy (non-hydrogen) atoms. The molecule has 0 aliphatic rings. The van der Waals surface area contributed by atoms with Gasteiger partial charge in [-0.25, -0.2) is 9.48 Å². The molecule has 0 aliphatic carbocycles. The number of hydrogen-bond donors (Lipinski definition) is 0. The predicted molar refractivity (Wildman–Crippen MR) is 123 cm³/mol. The largest absolute Gasteiger partial charge is 0.489 e. The van der Waals surface area contributed by atoms with Gasteiger partial charge in [-0.3, -0.25) is 4.79 Å². The van der Waals surface area contributed by atoms with Gasteiger partial charge in [0.1, 0.15) is 12.4 Å². The van der Waals surface area contributed by atoms with Crippen LogP contribution in [0, 0.1) is 20.8 Å². The second-order valence-electron chi connectivity index (χ2n) is 7.92. The lowest BCUT2D eigenvalue weighted by Crippen LogP contribution is -2.23. The molecule has 0 saturated heterocycles. The fourth-order valence-corrected chi connectivity index (χ4v) is 3.94. The zero-order valence-corrected chi connectivity index (χ0v) is 19.4. The van der Waals surface area contributed by atoms with Crippen LogP contribution < -0.4 is 10.4 Å². The van der Waals surface area contributed by atoms with Gasteiger partial charge < -0.3 is 4.74 Å². The lowest BCUT2D eigenvalue weighted by Gasteiger charge is -2.16. The number of tetrazole rings is 1. The van der Waals surface area contributed by atoms with Crippen LogP contribution >= 0.6 is 0 Å². The molecule has 0 amide bonds. The summed E-state index contributed by atoms with van der Waals surface area (Å²) in [6.07, 6.45) is 1.63. The average molecular weight is 447 g/mol. The van der Waals surface area contributed by atoms with E-state index in [4.69, 9.17) is 4.74 Å². The Bertz CT molecular complexity index is 1400. The Kier molecular flexibility index (Phi) is 5.95. The third-order valence-electron chi connectivity index (χ3n) is 5.82. The molecule has 0 unspecified atom stereocenters. The van der Waals surface area contributed by atoms with E-state index >= 15 is 0 Å². The molecule has 9 nitrogen and oxygen atoms in total. The molecule has 0 spiro atoms. The molecule has 0 saturated carbocycles. The van der Waals surface area contributed by atoms with E-state index in [9.17, 15) is 9.59 Å². The number of hydrogen-bond acceptors (Lipinski definition) is 6. The predicted octanol–water partition coefficient (Wildman–Crippen LogP) is 3.03. The standard InChI is InChI=1S/C24H26N6O3/c1-6-18-8-7-9-22(30-24(32)28(5)26-27-30)21(18)14-33-23-11-10-19(12-15(23)2)29-17(4)20(13-31)16(3)25-29/h7-13H,6,14H2,1-5H3. The molecule has 170 valence electrons. The second-order valence-corrected chi connectivity index (χ2v) is 7.92. The average Bonchev–Trinajstić information content (AvgIpc) is 3.29. The summed E-state index contributed by atoms with van der Waals surface area (Å²) in [7, 11) is 1.57. The molecule has 0 atom stereocenters. The highest BCUT2D eigenvalue weighted by atomic mass is 16.5. The van der Waals surface area contributed by atoms with Crippen molar-refractivity contribution in [2.24, 2.45) is 7.05 Å². The summed E-state index contributed by atoms with van der Waals surface area (Å²) in [4.78, 5) is 23.8. The fourth-order valence-electron chi connectivity index (χ4n) is 3.94. The second kappa shape index (κ2) is 8.85. The van der Waals surface area contributed by atoms with E-state index in [1.54, 1.807) is 11.7 Å². The summed E-state index contributed by atoms with van der Waals surface area (Å²) in [6.45, 7) is 8.00. The molecule has 0 radical (unpaired) electrons. The molecular weight excluding hydrogens is 420 g/mol. The molecule has 0 aliphatic heterocycles. The lowest BCUT2D eigenvalue weighted by atomic mass is 10.0. The Morgan fingerprint density at radius 2 is 1.85 bits per heavy atom. The van der Waals surface area contributed by atoms with Crippen molar-refractivity contribution in [1.82, 2.24) is 29.6 Å². The van der Waals surface area contributed by atoms with Crippen LogP contribution in [0.25, 0.3) is 11.4 Å². The Labute approximate surface area is 191 Å². The molecule has 9 heteroatoms. The monoisotopic (exact) mass is 446 g/mol. The molecule has 4 aromatic rings. The van der Waals surface area contributed by atoms with Crippen LogP contribution in [0.5, 0.6) is 5.75 Å². The minimum atomic E-state index is -0.315. The van der Waals surface area contributed by atoms with Crippen molar-refractivity contribution in [1.29, 1.82) is 0 Å². The van der Waals surface area contributed by atoms with Gasteiger partial charge in [0, 0.05) is 12.6 Å². The fraction of sp³-hybridized carbons (Fsp3) is 0.292. The zero-order chi connectivity index (χ0) is 23.7. The van der Waals surface area contributed by atoms with Crippen molar-refractivity contribution in [3.8, 4) is 17.1 Å². The van der Waals surface area contributed by atoms with Crippen LogP contribution in [0.15, 0.2) is 41.2 Å². The van der Waals surface area contributed by atoms with E-state index in [2.05, 4.69) is 22.4 Å². The van der Waals surface area contributed by atoms with E-state index in [1.165, 1.54) is 9.36 Å². The first-order valence-corrected chi connectivity index (χ1v) is 10.7. The van der Waals surface area contributed by atoms with Crippen molar-refractivity contribution in [2.75, 3.05) is 0 Å². The number of ether oxygens (including phenoxy) is 1. The Balaban J connectivity index is 1.65. The summed E-state index contributed by atoms with van der Waals surface area (Å²) in [5.74, 6) is 0.722. The van der Waals surface area contributed by atoms with Gasteiger partial charge >= 0.3 is 5.69 Å². The van der Waals surface area contributed by atoms with E-state index < -0.39 is 0 Å². The third kappa shape index (κ3) is 3.97. The first-order chi connectivity index (χ1) is 15.8. The van der Waals surface area contributed by atoms with Gasteiger partial charge in [0.15, 0.2) is 6.29 Å². The Morgan fingerprint density at radius 1 is 1.06 bits per heavy atom. The maximum absolute atomic E-state index is 12.4. The lowest BCUT2D eigenvalue weighted by molar-refractivity contribution is 0.112. The molecule has 2 aromatic carbocycles. The highest BCUT2D eigenvalue weighted by Crippen LogP contribution is 2.26. The zero-order valence-electron chi connectivity index (χ0n) is 19.4. The van der Waals surface area contributed by atoms with E-state index in [-0.39, 0.29) is 12.3 Å². The topological polar surface area (TPSA) is 96.8 Å². The number of aryl methyl sites for hydroxylation is 4. The molecular formula is C24H26N6O3. The molecule has 0 N–H and O–H groups in total. The van der Waals surface area contributed by atoms with Crippen LogP contribution in [0.3, 0.4) is 0 Å². The highest BCUT2D eigenvalue weighted by Gasteiger charge is 2.16. The number of carbonyl (C=O) groups is 1. The summed E-state index contributed by atoms with van der Waals surface area (Å²) in [5.41, 5.74) is 6.19. The number of aromatic nitrogens is 6. The summed E-state index contributed by atoms with van der Waals surface area (Å²) < 4.78 is 10.4. The quantitative estimate of drug-likeness (QED) is 0.405. The van der Waals surface area contributed by atoms with Crippen molar-refractivity contribution in [2.45, 2.75) is 40.7 Å². The molecule has 0 fully saturated rings. The molecule has 2 heterocycles. The van der Waals surface area contributed by atoms with Gasteiger partial charge in [-0.05, 0) is 73.0 Å². The van der Waals surface area contributed by atoms with Crippen molar-refractivity contribution >= 4 is 6.29 Å². The number of nitrogens with zero attached hydrogens (tertiary/aromatic N) is 6. The van der Waals surface area contributed by atoms with Gasteiger partial charge in [0.05, 0.1) is 28.3 Å². The van der Waals surface area contributed by atoms with Crippen LogP contribution in [-0.4, -0.2) is 35.9 Å². The van der Waals surface area contributed by atoms with Crippen molar-refractivity contribution in [3.63, 3.8) is 0 Å². The number of aldehydes is 1. The molecule has 4 rings (SSSR count). The van der Waals surface area contributed by atoms with Gasteiger partial charge in [-0.2, -0.15) is 14.5 Å². The molecule has 0 bridgehead atoms. The van der Waals surface area contributed by atoms with Gasteiger partial charge in [-0.1, -0.05) is 19.1 Å². The summed E-state index contributed by atoms with van der Waals surface area (Å²) >= 11 is 0. The molecule has 2 aromatic heterocycles. The minimum Gasteiger partial charge on any atom is -0.489 e. The van der Waals surface area contributed by atoms with E-state index in [0.29, 0.717) is 16.9 Å². The Morgan fingerprint density at radius 3 is 2.45 bits per heavy atom. The van der Waals surface area contributed by atoms with Crippen LogP contribution in [0.4, 0.5) is 0 Å². The number of benzene rings is 2. The number of rotatable bonds is 7. The van der Waals surface area contributed by atoms with Crippen molar-refractivity contribution in [3.05, 3.63) is 80.5 Å². The highest BCUT2D eigenvalue weighted by molar-refractivity contribution is 5.78. The first-order valence-electron chi connectivity index (χ1n) is 10.7. The number of carbonyl (C=O) groups excluding carboxylic acids is 1. The maximum Gasteiger partial charge on any atom is 0.368 e. The third-order valence-corrected chi connectivity index (χ3v) is 5.82. The van der Waals surface area contributed by atoms with Crippen LogP contribution in [-0.2, 0) is 20.1 Å². The van der Waals surface area contributed by atoms with Gasteiger partial charge in [0.25, 0.3) is 0 Å². The minimum absolute atomic E-state index is 0.276. The van der Waals surface area contributed by atoms with Gasteiger partial charge in [-0.15, -0.1) is 0 Å². The smallest absolute Gasteiger partial charge is 0.368 e.